The molecule has 29 heavy (non-hydrogen) atoms. The summed E-state index contributed by atoms with van der Waals surface area (Å²) >= 11 is 2.70. The number of carbonyl (C=O) groups is 2. The van der Waals surface area contributed by atoms with Gasteiger partial charge in [-0.05, 0) is 24.8 Å². The molecule has 3 rings (SSSR count). The highest BCUT2D eigenvalue weighted by Crippen LogP contribution is 2.32. The third-order valence-electron chi connectivity index (χ3n) is 4.11. The van der Waals surface area contributed by atoms with E-state index in [1.165, 1.54) is 29.2 Å². The molecular weight excluding hydrogens is 412 g/mol. The minimum Gasteiger partial charge on any atom is -0.463 e. The molecule has 0 fully saturated rings. The number of thioether (sulfide) groups is 1. The summed E-state index contributed by atoms with van der Waals surface area (Å²) < 4.78 is 5.23. The summed E-state index contributed by atoms with van der Waals surface area (Å²) in [6.07, 6.45) is 1.58. The van der Waals surface area contributed by atoms with Crippen LogP contribution in [0, 0.1) is 0 Å². The number of aryl methyl sites for hydroxylation is 1. The van der Waals surface area contributed by atoms with Crippen LogP contribution in [0.15, 0.2) is 44.8 Å². The molecule has 0 bridgehead atoms. The Balaban J connectivity index is 1.92. The van der Waals surface area contributed by atoms with E-state index in [4.69, 9.17) is 4.74 Å². The standard InChI is InChI=1S/C19H22N4O4S2/c1-3-6-11-9-14(24)22-19(20-11)29-10-12-15(17(25)27-4-2)16(23-18(26)21-12)13-7-5-8-28-13/h5,7-9,16H,3-4,6,10H2,1-2H3,(H,20,22,24)(H2,21,23,26). The number of nitrogens with zero attached hydrogens (tertiary/aromatic N) is 1. The van der Waals surface area contributed by atoms with E-state index in [1.54, 1.807) is 6.92 Å². The predicted octanol–water partition coefficient (Wildman–Crippen LogP) is 2.75. The Morgan fingerprint density at radius 3 is 2.86 bits per heavy atom. The molecule has 3 N–H and O–H groups in total. The van der Waals surface area contributed by atoms with E-state index in [9.17, 15) is 14.4 Å². The third-order valence-corrected chi connectivity index (χ3v) is 5.95. The molecule has 0 radical (unpaired) electrons. The zero-order valence-electron chi connectivity index (χ0n) is 16.1. The Hall–Kier alpha value is -2.59. The highest BCUT2D eigenvalue weighted by atomic mass is 32.2. The van der Waals surface area contributed by atoms with E-state index >= 15 is 0 Å². The van der Waals surface area contributed by atoms with Gasteiger partial charge in [0.05, 0.1) is 18.2 Å². The van der Waals surface area contributed by atoms with Crippen molar-refractivity contribution in [1.29, 1.82) is 0 Å². The molecule has 1 aliphatic heterocycles. The molecule has 1 atom stereocenters. The molecule has 0 saturated heterocycles. The highest BCUT2D eigenvalue weighted by Gasteiger charge is 2.34. The topological polar surface area (TPSA) is 113 Å². The molecule has 10 heteroatoms. The first-order chi connectivity index (χ1) is 14.0. The van der Waals surface area contributed by atoms with Gasteiger partial charge in [0.15, 0.2) is 5.16 Å². The lowest BCUT2D eigenvalue weighted by Crippen LogP contribution is -2.46. The number of H-pyrrole nitrogens is 1. The zero-order chi connectivity index (χ0) is 20.8. The molecule has 0 saturated carbocycles. The number of nitrogens with one attached hydrogen (secondary N) is 3. The Kier molecular flexibility index (Phi) is 7.10. The molecule has 3 heterocycles. The fourth-order valence-corrected chi connectivity index (χ4v) is 4.57. The first-order valence-corrected chi connectivity index (χ1v) is 11.1. The van der Waals surface area contributed by atoms with Crippen molar-refractivity contribution in [3.63, 3.8) is 0 Å². The molecule has 2 aromatic heterocycles. The summed E-state index contributed by atoms with van der Waals surface area (Å²) in [6, 6.07) is 4.22. The van der Waals surface area contributed by atoms with Crippen molar-refractivity contribution in [2.75, 3.05) is 12.4 Å². The number of carbonyl (C=O) groups excluding carboxylic acids is 2. The summed E-state index contributed by atoms with van der Waals surface area (Å²) in [4.78, 5) is 44.8. The number of hydrogen-bond acceptors (Lipinski definition) is 7. The Labute approximate surface area is 176 Å². The Morgan fingerprint density at radius 1 is 1.34 bits per heavy atom. The summed E-state index contributed by atoms with van der Waals surface area (Å²) in [7, 11) is 0. The van der Waals surface area contributed by atoms with Crippen LogP contribution in [0.2, 0.25) is 0 Å². The van der Waals surface area contributed by atoms with Crippen LogP contribution in [-0.4, -0.2) is 34.3 Å². The lowest BCUT2D eigenvalue weighted by molar-refractivity contribution is -0.139. The maximum absolute atomic E-state index is 12.7. The fraction of sp³-hybridized carbons (Fsp3) is 0.368. The zero-order valence-corrected chi connectivity index (χ0v) is 17.7. The largest absolute Gasteiger partial charge is 0.463 e. The van der Waals surface area contributed by atoms with Crippen molar-refractivity contribution in [2.24, 2.45) is 0 Å². The second-order valence-electron chi connectivity index (χ2n) is 6.24. The van der Waals surface area contributed by atoms with Crippen LogP contribution in [0.5, 0.6) is 0 Å². The van der Waals surface area contributed by atoms with Gasteiger partial charge in [0.25, 0.3) is 5.56 Å². The number of urea groups is 1. The maximum Gasteiger partial charge on any atom is 0.338 e. The highest BCUT2D eigenvalue weighted by molar-refractivity contribution is 7.99. The minimum atomic E-state index is -0.586. The molecule has 154 valence electrons. The van der Waals surface area contributed by atoms with Crippen molar-refractivity contribution < 1.29 is 14.3 Å². The van der Waals surface area contributed by atoms with E-state index in [-0.39, 0.29) is 17.9 Å². The second kappa shape index (κ2) is 9.75. The van der Waals surface area contributed by atoms with Gasteiger partial charge in [0.2, 0.25) is 0 Å². The number of amides is 2. The fourth-order valence-electron chi connectivity index (χ4n) is 2.93. The van der Waals surface area contributed by atoms with Crippen LogP contribution < -0.4 is 16.2 Å². The molecule has 1 aliphatic rings. The van der Waals surface area contributed by atoms with Gasteiger partial charge in [-0.3, -0.25) is 4.79 Å². The third kappa shape index (κ3) is 5.27. The second-order valence-corrected chi connectivity index (χ2v) is 8.18. The van der Waals surface area contributed by atoms with Crippen LogP contribution in [0.4, 0.5) is 4.79 Å². The molecule has 8 nitrogen and oxygen atoms in total. The quantitative estimate of drug-likeness (QED) is 0.334. The normalized spacial score (nSPS) is 16.3. The molecule has 1 unspecified atom stereocenters. The van der Waals surface area contributed by atoms with Crippen LogP contribution in [0.3, 0.4) is 0 Å². The smallest absolute Gasteiger partial charge is 0.338 e. The summed E-state index contributed by atoms with van der Waals surface area (Å²) in [5, 5.41) is 7.83. The molecule has 0 spiro atoms. The number of aromatic amines is 1. The van der Waals surface area contributed by atoms with Gasteiger partial charge in [-0.25, -0.2) is 14.6 Å². The van der Waals surface area contributed by atoms with E-state index < -0.39 is 18.0 Å². The van der Waals surface area contributed by atoms with Crippen molar-refractivity contribution in [2.45, 2.75) is 37.9 Å². The van der Waals surface area contributed by atoms with Crippen LogP contribution in [-0.2, 0) is 16.0 Å². The van der Waals surface area contributed by atoms with Crippen LogP contribution in [0.1, 0.15) is 36.9 Å². The monoisotopic (exact) mass is 434 g/mol. The summed E-state index contributed by atoms with van der Waals surface area (Å²) in [6.45, 7) is 3.97. The molecule has 0 aromatic carbocycles. The summed E-state index contributed by atoms with van der Waals surface area (Å²) in [5.74, 6) is -0.239. The van der Waals surface area contributed by atoms with E-state index in [2.05, 4.69) is 20.6 Å². The van der Waals surface area contributed by atoms with Gasteiger partial charge >= 0.3 is 12.0 Å². The lowest BCUT2D eigenvalue weighted by atomic mass is 10.0. The number of aromatic nitrogens is 2. The van der Waals surface area contributed by atoms with Crippen molar-refractivity contribution >= 4 is 35.1 Å². The number of esters is 1. The first-order valence-electron chi connectivity index (χ1n) is 9.26. The number of rotatable bonds is 8. The van der Waals surface area contributed by atoms with Gasteiger partial charge in [-0.1, -0.05) is 31.2 Å². The average Bonchev–Trinajstić information content (AvgIpc) is 3.20. The maximum atomic E-state index is 12.7. The minimum absolute atomic E-state index is 0.224. The van der Waals surface area contributed by atoms with Crippen molar-refractivity contribution in [3.05, 3.63) is 55.8 Å². The van der Waals surface area contributed by atoms with E-state index in [1.807, 2.05) is 24.4 Å². The van der Waals surface area contributed by atoms with E-state index in [0.717, 1.165) is 11.3 Å². The van der Waals surface area contributed by atoms with Crippen LogP contribution >= 0.6 is 23.1 Å². The van der Waals surface area contributed by atoms with Crippen molar-refractivity contribution in [3.8, 4) is 0 Å². The Morgan fingerprint density at radius 2 is 2.17 bits per heavy atom. The molecule has 2 aromatic rings. The first kappa shape index (κ1) is 21.1. The van der Waals surface area contributed by atoms with Gasteiger partial charge in [-0.15, -0.1) is 11.3 Å². The van der Waals surface area contributed by atoms with Gasteiger partial charge < -0.3 is 20.4 Å². The van der Waals surface area contributed by atoms with Crippen molar-refractivity contribution in [1.82, 2.24) is 20.6 Å². The van der Waals surface area contributed by atoms with Gasteiger partial charge in [0, 0.05) is 28.1 Å². The molecule has 2 amide bonds. The molecule has 0 aliphatic carbocycles. The number of thiophene rings is 1. The average molecular weight is 435 g/mol. The van der Waals surface area contributed by atoms with Gasteiger partial charge in [-0.2, -0.15) is 0 Å². The lowest BCUT2D eigenvalue weighted by Gasteiger charge is -2.28. The van der Waals surface area contributed by atoms with E-state index in [0.29, 0.717) is 28.5 Å². The van der Waals surface area contributed by atoms with Gasteiger partial charge in [0.1, 0.15) is 0 Å². The molecular formula is C19H22N4O4S2. The SMILES string of the molecule is CCCc1cc(=O)[nH]c(SCC2=C(C(=O)OCC)C(c3cccs3)NC(=O)N2)n1. The van der Waals surface area contributed by atoms with Crippen LogP contribution in [0.25, 0.3) is 0 Å². The number of ether oxygens (including phenoxy) is 1. The Bertz CT molecular complexity index is 969. The predicted molar refractivity (Wildman–Crippen MR) is 112 cm³/mol. The summed E-state index contributed by atoms with van der Waals surface area (Å²) in [5.41, 5.74) is 1.29. The number of hydrogen-bond donors (Lipinski definition) is 3.